The molecule has 0 aliphatic carbocycles. The summed E-state index contributed by atoms with van der Waals surface area (Å²) in [5.74, 6) is -1.15. The lowest BCUT2D eigenvalue weighted by Gasteiger charge is -2.35. The fourth-order valence-electron chi connectivity index (χ4n) is 4.07. The Labute approximate surface area is 172 Å². The van der Waals surface area contributed by atoms with Gasteiger partial charge < -0.3 is 5.73 Å². The van der Waals surface area contributed by atoms with E-state index in [0.29, 0.717) is 32.5 Å². The molecule has 8 nitrogen and oxygen atoms in total. The number of quaternary nitrogens is 1. The third-order valence-corrected chi connectivity index (χ3v) is 7.68. The smallest absolute Gasteiger partial charge is 0.316 e. The average molecular weight is 425 g/mol. The molecule has 2 amide bonds. The van der Waals surface area contributed by atoms with Gasteiger partial charge in [0, 0.05) is 25.9 Å². The van der Waals surface area contributed by atoms with Crippen molar-refractivity contribution in [3.05, 3.63) is 30.3 Å². The van der Waals surface area contributed by atoms with E-state index in [4.69, 9.17) is 10.6 Å². The van der Waals surface area contributed by atoms with Crippen LogP contribution in [0.5, 0.6) is 0 Å². The Balaban J connectivity index is 1.72. The molecule has 1 unspecified atom stereocenters. The summed E-state index contributed by atoms with van der Waals surface area (Å²) in [5, 5.41) is 0. The van der Waals surface area contributed by atoms with E-state index in [1.807, 2.05) is 0 Å². The van der Waals surface area contributed by atoms with Gasteiger partial charge in [0.05, 0.1) is 10.8 Å². The molecule has 2 aliphatic heterocycles. The highest BCUT2D eigenvalue weighted by molar-refractivity contribution is 7.89. The molecule has 0 bridgehead atoms. The van der Waals surface area contributed by atoms with E-state index in [-0.39, 0.29) is 11.4 Å². The molecule has 2 aliphatic rings. The van der Waals surface area contributed by atoms with Crippen LogP contribution >= 0.6 is 0 Å². The number of benzene rings is 1. The zero-order valence-electron chi connectivity index (χ0n) is 16.7. The van der Waals surface area contributed by atoms with Crippen molar-refractivity contribution < 1.29 is 27.5 Å². The largest absolute Gasteiger partial charge is 0.455 e. The Kier molecular flexibility index (Phi) is 6.92. The number of carbonyl (C=O) groups excluding carboxylic acids is 2. The molecule has 1 aromatic rings. The minimum absolute atomic E-state index is 0.0504. The van der Waals surface area contributed by atoms with Gasteiger partial charge in [-0.05, 0) is 37.8 Å². The minimum atomic E-state index is -3.67. The van der Waals surface area contributed by atoms with Gasteiger partial charge in [-0.25, -0.2) is 18.0 Å². The standard InChI is InChI=1S/C20H29N3O5S/c21-20(25)23(14-7-2-1-3-8-15-23)28-19(24)17-10-9-13-22(16-17)29(26,27)18-11-5-4-6-12-18/h4-6,11-12,17H,1-3,7-10,13-16H2,(H-,21,25)/p+1. The number of urea groups is 1. The zero-order chi connectivity index (χ0) is 20.9. The summed E-state index contributed by atoms with van der Waals surface area (Å²) >= 11 is 0. The molecule has 3 rings (SSSR count). The Morgan fingerprint density at radius 2 is 1.62 bits per heavy atom. The maximum Gasteiger partial charge on any atom is 0.455 e. The predicted molar refractivity (Wildman–Crippen MR) is 107 cm³/mol. The van der Waals surface area contributed by atoms with Gasteiger partial charge in [0.2, 0.25) is 10.0 Å². The number of likely N-dealkylation sites (tertiary alicyclic amines) is 1. The van der Waals surface area contributed by atoms with Crippen molar-refractivity contribution in [1.82, 2.24) is 4.31 Å². The van der Waals surface area contributed by atoms with E-state index in [2.05, 4.69) is 0 Å². The predicted octanol–water partition coefficient (Wildman–Crippen LogP) is 2.41. The molecule has 2 fully saturated rings. The van der Waals surface area contributed by atoms with Gasteiger partial charge in [-0.2, -0.15) is 4.31 Å². The van der Waals surface area contributed by atoms with E-state index < -0.39 is 32.6 Å². The van der Waals surface area contributed by atoms with Crippen LogP contribution in [0.15, 0.2) is 35.2 Å². The molecular weight excluding hydrogens is 394 g/mol. The van der Waals surface area contributed by atoms with Crippen molar-refractivity contribution in [3.8, 4) is 0 Å². The molecule has 29 heavy (non-hydrogen) atoms. The van der Waals surface area contributed by atoms with Gasteiger partial charge in [-0.3, -0.25) is 4.84 Å². The van der Waals surface area contributed by atoms with E-state index in [9.17, 15) is 18.0 Å². The van der Waals surface area contributed by atoms with Crippen molar-refractivity contribution >= 4 is 22.0 Å². The fourth-order valence-corrected chi connectivity index (χ4v) is 5.62. The molecule has 1 aromatic carbocycles. The highest BCUT2D eigenvalue weighted by Crippen LogP contribution is 2.27. The number of primary amides is 1. The average Bonchev–Trinajstić information content (AvgIpc) is 2.70. The minimum Gasteiger partial charge on any atom is -0.316 e. The van der Waals surface area contributed by atoms with Crippen molar-refractivity contribution in [1.29, 1.82) is 0 Å². The summed E-state index contributed by atoms with van der Waals surface area (Å²) in [7, 11) is -3.67. The monoisotopic (exact) mass is 424 g/mol. The summed E-state index contributed by atoms with van der Waals surface area (Å²) in [5.41, 5.74) is 5.62. The van der Waals surface area contributed by atoms with Crippen LogP contribution in [0.1, 0.15) is 44.9 Å². The lowest BCUT2D eigenvalue weighted by atomic mass is 10.0. The Morgan fingerprint density at radius 1 is 1.00 bits per heavy atom. The van der Waals surface area contributed by atoms with Crippen LogP contribution in [-0.4, -0.2) is 55.5 Å². The Morgan fingerprint density at radius 3 is 2.24 bits per heavy atom. The van der Waals surface area contributed by atoms with Crippen LogP contribution < -0.4 is 5.73 Å². The van der Waals surface area contributed by atoms with E-state index in [1.54, 1.807) is 30.3 Å². The zero-order valence-corrected chi connectivity index (χ0v) is 17.5. The van der Waals surface area contributed by atoms with Gasteiger partial charge in [0.1, 0.15) is 13.1 Å². The molecule has 1 atom stereocenters. The molecule has 0 spiro atoms. The number of piperidine rings is 1. The number of rotatable bonds is 3. The first-order valence-corrected chi connectivity index (χ1v) is 11.7. The topological polar surface area (TPSA) is 107 Å². The first-order valence-electron chi connectivity index (χ1n) is 10.3. The first kappa shape index (κ1) is 21.7. The van der Waals surface area contributed by atoms with Crippen molar-refractivity contribution in [3.63, 3.8) is 0 Å². The second-order valence-electron chi connectivity index (χ2n) is 7.87. The Hall–Kier alpha value is -1.97. The lowest BCUT2D eigenvalue weighted by Crippen LogP contribution is -2.59. The SMILES string of the molecule is NC(=O)[N+]1(OC(=O)C2CCCN(S(=O)(=O)c3ccccc3)C2)CCCCCCC1. The van der Waals surface area contributed by atoms with Gasteiger partial charge in [-0.1, -0.05) is 29.3 Å². The summed E-state index contributed by atoms with van der Waals surface area (Å²) in [6.45, 7) is 1.16. The number of hydrogen-bond acceptors (Lipinski definition) is 5. The fraction of sp³-hybridized carbons (Fsp3) is 0.600. The number of hydrogen-bond donors (Lipinski definition) is 1. The quantitative estimate of drug-likeness (QED) is 0.750. The molecule has 0 saturated carbocycles. The molecular formula is C20H30N3O5S+. The molecule has 0 aromatic heterocycles. The summed E-state index contributed by atoms with van der Waals surface area (Å²) < 4.78 is 26.6. The van der Waals surface area contributed by atoms with Crippen molar-refractivity contribution in [2.45, 2.75) is 49.8 Å². The van der Waals surface area contributed by atoms with Gasteiger partial charge in [0.15, 0.2) is 0 Å². The highest BCUT2D eigenvalue weighted by atomic mass is 32.2. The summed E-state index contributed by atoms with van der Waals surface area (Å²) in [6, 6.07) is 7.53. The number of sulfonamides is 1. The summed E-state index contributed by atoms with van der Waals surface area (Å²) in [6.07, 6.45) is 5.64. The van der Waals surface area contributed by atoms with Crippen LogP contribution in [0.4, 0.5) is 4.79 Å². The van der Waals surface area contributed by atoms with E-state index >= 15 is 0 Å². The maximum absolute atomic E-state index is 12.9. The molecule has 2 saturated heterocycles. The number of nitrogens with zero attached hydrogens (tertiary/aromatic N) is 2. The van der Waals surface area contributed by atoms with Crippen molar-refractivity contribution in [2.75, 3.05) is 26.2 Å². The van der Waals surface area contributed by atoms with Crippen LogP contribution in [0.25, 0.3) is 0 Å². The molecule has 160 valence electrons. The second-order valence-corrected chi connectivity index (χ2v) is 9.81. The highest BCUT2D eigenvalue weighted by Gasteiger charge is 2.43. The summed E-state index contributed by atoms with van der Waals surface area (Å²) in [4.78, 5) is 31.0. The van der Waals surface area contributed by atoms with Crippen LogP contribution in [-0.2, 0) is 19.7 Å². The third kappa shape index (κ3) is 4.96. The lowest BCUT2D eigenvalue weighted by molar-refractivity contribution is -1.02. The Bertz CT molecular complexity index is 820. The molecule has 2 heterocycles. The first-order chi connectivity index (χ1) is 13.8. The van der Waals surface area contributed by atoms with Crippen LogP contribution in [0.3, 0.4) is 0 Å². The molecule has 0 radical (unpaired) electrons. The maximum atomic E-state index is 12.9. The van der Waals surface area contributed by atoms with Gasteiger partial charge >= 0.3 is 12.0 Å². The number of carbonyl (C=O) groups is 2. The third-order valence-electron chi connectivity index (χ3n) is 5.80. The van der Waals surface area contributed by atoms with E-state index in [0.717, 1.165) is 32.1 Å². The number of nitrogens with two attached hydrogens (primary N) is 1. The van der Waals surface area contributed by atoms with Gasteiger partial charge in [-0.15, -0.1) is 0 Å². The van der Waals surface area contributed by atoms with Crippen LogP contribution in [0, 0.1) is 5.92 Å². The normalized spacial score (nSPS) is 23.5. The number of amides is 2. The second kappa shape index (κ2) is 9.23. The van der Waals surface area contributed by atoms with Crippen molar-refractivity contribution in [2.24, 2.45) is 11.7 Å². The van der Waals surface area contributed by atoms with Gasteiger partial charge in [0.25, 0.3) is 0 Å². The van der Waals surface area contributed by atoms with Crippen LogP contribution in [0.2, 0.25) is 0 Å². The number of hydroxylamine groups is 3. The molecule has 9 heteroatoms. The molecule has 2 N–H and O–H groups in total. The van der Waals surface area contributed by atoms with E-state index in [1.165, 1.54) is 4.31 Å².